The normalized spacial score (nSPS) is 28.3. The molecule has 5 nitrogen and oxygen atoms in total. The van der Waals surface area contributed by atoms with Crippen LogP contribution in [0.25, 0.3) is 0 Å². The molecule has 0 aromatic heterocycles. The Morgan fingerprint density at radius 3 is 2.58 bits per heavy atom. The summed E-state index contributed by atoms with van der Waals surface area (Å²) in [6, 6.07) is 7.79. The molecule has 1 aromatic carbocycles. The summed E-state index contributed by atoms with van der Waals surface area (Å²) in [6.07, 6.45) is 2.77. The zero-order valence-electron chi connectivity index (χ0n) is 16.2. The zero-order chi connectivity index (χ0) is 18.8. The topological polar surface area (TPSA) is 70.6 Å². The fraction of sp³-hybridized carbons (Fsp3) is 0.667. The highest BCUT2D eigenvalue weighted by Crippen LogP contribution is 2.38. The van der Waals surface area contributed by atoms with Crippen LogP contribution in [0.15, 0.2) is 24.3 Å². The Labute approximate surface area is 156 Å². The van der Waals surface area contributed by atoms with Gasteiger partial charge in [0.15, 0.2) is 0 Å². The van der Waals surface area contributed by atoms with Crippen LogP contribution in [0.5, 0.6) is 0 Å². The van der Waals surface area contributed by atoms with Crippen molar-refractivity contribution in [1.29, 1.82) is 0 Å². The van der Waals surface area contributed by atoms with Crippen LogP contribution >= 0.6 is 0 Å². The van der Waals surface area contributed by atoms with Crippen molar-refractivity contribution in [2.24, 2.45) is 5.92 Å². The van der Waals surface area contributed by atoms with Gasteiger partial charge in [-0.1, -0.05) is 26.0 Å². The van der Waals surface area contributed by atoms with Gasteiger partial charge in [0.05, 0.1) is 17.7 Å². The molecular formula is C21H32N2O3. The lowest BCUT2D eigenvalue weighted by Gasteiger charge is -2.50. The smallest absolute Gasteiger partial charge is 0.251 e. The molecule has 2 aliphatic rings. The first kappa shape index (κ1) is 19.3. The summed E-state index contributed by atoms with van der Waals surface area (Å²) in [6.45, 7) is 8.41. The molecule has 2 fully saturated rings. The summed E-state index contributed by atoms with van der Waals surface area (Å²) in [5.74, 6) is 0.459. The number of carbonyl (C=O) groups is 1. The first-order valence-corrected chi connectivity index (χ1v) is 9.76. The molecule has 26 heavy (non-hydrogen) atoms. The van der Waals surface area contributed by atoms with Crippen molar-refractivity contribution in [2.45, 2.75) is 63.7 Å². The van der Waals surface area contributed by atoms with Crippen LogP contribution in [-0.2, 0) is 11.2 Å². The van der Waals surface area contributed by atoms with Gasteiger partial charge >= 0.3 is 0 Å². The molecule has 3 N–H and O–H groups in total. The first-order valence-electron chi connectivity index (χ1n) is 9.76. The summed E-state index contributed by atoms with van der Waals surface area (Å²) < 4.78 is 6.01. The van der Waals surface area contributed by atoms with Crippen molar-refractivity contribution < 1.29 is 14.6 Å². The number of aliphatic hydroxyl groups excluding tert-OH is 1. The van der Waals surface area contributed by atoms with Crippen LogP contribution in [0.1, 0.15) is 56.0 Å². The Kier molecular flexibility index (Phi) is 5.70. The fourth-order valence-corrected chi connectivity index (χ4v) is 4.20. The molecule has 0 bridgehead atoms. The van der Waals surface area contributed by atoms with Crippen LogP contribution in [0.2, 0.25) is 0 Å². The van der Waals surface area contributed by atoms with E-state index in [-0.39, 0.29) is 18.1 Å². The first-order chi connectivity index (χ1) is 12.3. The molecule has 1 amide bonds. The predicted octanol–water partition coefficient (Wildman–Crippen LogP) is 2.28. The highest BCUT2D eigenvalue weighted by molar-refractivity contribution is 5.94. The van der Waals surface area contributed by atoms with Crippen molar-refractivity contribution in [3.8, 4) is 0 Å². The average molecular weight is 360 g/mol. The standard InChI is InChI=1S/C21H32N2O3/c1-15(2)12-16-4-6-17(7-5-16)19(25)23-20(3)14-21(26-13-18(20)24)8-10-22-11-9-21/h4-7,15,18,22,24H,8-14H2,1-3H3,(H,23,25)/t18-,20-/m0/s1. The summed E-state index contributed by atoms with van der Waals surface area (Å²) in [5.41, 5.74) is 0.955. The number of amides is 1. The summed E-state index contributed by atoms with van der Waals surface area (Å²) >= 11 is 0. The summed E-state index contributed by atoms with van der Waals surface area (Å²) in [7, 11) is 0. The maximum absolute atomic E-state index is 12.8. The van der Waals surface area contributed by atoms with E-state index < -0.39 is 11.6 Å². The number of hydrogen-bond donors (Lipinski definition) is 3. The lowest BCUT2D eigenvalue weighted by Crippen LogP contribution is -2.65. The highest BCUT2D eigenvalue weighted by Gasteiger charge is 2.49. The number of ether oxygens (including phenoxy) is 1. The second-order valence-electron chi connectivity index (χ2n) is 8.60. The number of carbonyl (C=O) groups excluding carboxylic acids is 1. The molecule has 1 aromatic rings. The van der Waals surface area contributed by atoms with E-state index in [1.807, 2.05) is 31.2 Å². The lowest BCUT2D eigenvalue weighted by molar-refractivity contribution is -0.169. The van der Waals surface area contributed by atoms with E-state index in [2.05, 4.69) is 24.5 Å². The highest BCUT2D eigenvalue weighted by atomic mass is 16.5. The SMILES string of the molecule is CC(C)Cc1ccc(C(=O)N[C@@]2(C)CC3(CCNCC3)OC[C@@H]2O)cc1. The average Bonchev–Trinajstić information content (AvgIpc) is 2.59. The van der Waals surface area contributed by atoms with Crippen molar-refractivity contribution in [1.82, 2.24) is 10.6 Å². The molecule has 144 valence electrons. The zero-order valence-corrected chi connectivity index (χ0v) is 16.2. The molecule has 2 aliphatic heterocycles. The number of nitrogens with one attached hydrogen (secondary N) is 2. The Bertz CT molecular complexity index is 623. The predicted molar refractivity (Wildman–Crippen MR) is 102 cm³/mol. The van der Waals surface area contributed by atoms with Gasteiger partial charge in [0.25, 0.3) is 5.91 Å². The molecule has 0 saturated carbocycles. The van der Waals surface area contributed by atoms with Gasteiger partial charge in [-0.05, 0) is 62.9 Å². The third kappa shape index (κ3) is 4.27. The van der Waals surface area contributed by atoms with Gasteiger partial charge < -0.3 is 20.5 Å². The van der Waals surface area contributed by atoms with E-state index in [0.29, 0.717) is 17.9 Å². The van der Waals surface area contributed by atoms with Gasteiger partial charge in [0, 0.05) is 12.0 Å². The van der Waals surface area contributed by atoms with Crippen LogP contribution in [0.4, 0.5) is 0 Å². The fourth-order valence-electron chi connectivity index (χ4n) is 4.20. The van der Waals surface area contributed by atoms with Crippen LogP contribution in [0, 0.1) is 5.92 Å². The van der Waals surface area contributed by atoms with E-state index in [0.717, 1.165) is 32.4 Å². The molecular weight excluding hydrogens is 328 g/mol. The lowest BCUT2D eigenvalue weighted by atomic mass is 9.75. The van der Waals surface area contributed by atoms with Crippen LogP contribution in [-0.4, -0.2) is 48.0 Å². The van der Waals surface area contributed by atoms with E-state index in [9.17, 15) is 9.90 Å². The van der Waals surface area contributed by atoms with Crippen LogP contribution in [0.3, 0.4) is 0 Å². The largest absolute Gasteiger partial charge is 0.388 e. The Morgan fingerprint density at radius 1 is 1.31 bits per heavy atom. The van der Waals surface area contributed by atoms with E-state index in [1.54, 1.807) is 0 Å². The molecule has 2 heterocycles. The Balaban J connectivity index is 1.70. The Hall–Kier alpha value is -1.43. The number of piperidine rings is 1. The second kappa shape index (κ2) is 7.67. The molecule has 2 saturated heterocycles. The Morgan fingerprint density at radius 2 is 1.96 bits per heavy atom. The second-order valence-corrected chi connectivity index (χ2v) is 8.60. The molecule has 0 aliphatic carbocycles. The minimum absolute atomic E-state index is 0.131. The van der Waals surface area contributed by atoms with Crippen molar-refractivity contribution in [3.63, 3.8) is 0 Å². The third-order valence-electron chi connectivity index (χ3n) is 5.75. The maximum Gasteiger partial charge on any atom is 0.251 e. The summed E-state index contributed by atoms with van der Waals surface area (Å²) in [5, 5.41) is 17.0. The maximum atomic E-state index is 12.8. The monoisotopic (exact) mass is 360 g/mol. The van der Waals surface area contributed by atoms with Crippen molar-refractivity contribution in [2.75, 3.05) is 19.7 Å². The van der Waals surface area contributed by atoms with Crippen molar-refractivity contribution >= 4 is 5.91 Å². The molecule has 0 unspecified atom stereocenters. The minimum atomic E-state index is -0.702. The third-order valence-corrected chi connectivity index (χ3v) is 5.75. The quantitative estimate of drug-likeness (QED) is 0.770. The van der Waals surface area contributed by atoms with Gasteiger partial charge in [0.1, 0.15) is 6.10 Å². The number of aliphatic hydroxyl groups is 1. The van der Waals surface area contributed by atoms with Gasteiger partial charge in [0.2, 0.25) is 0 Å². The number of benzene rings is 1. The molecule has 3 rings (SSSR count). The summed E-state index contributed by atoms with van der Waals surface area (Å²) in [4.78, 5) is 12.8. The van der Waals surface area contributed by atoms with Gasteiger partial charge in [-0.15, -0.1) is 0 Å². The molecule has 5 heteroatoms. The molecule has 1 spiro atoms. The molecule has 0 radical (unpaired) electrons. The number of hydrogen-bond acceptors (Lipinski definition) is 4. The minimum Gasteiger partial charge on any atom is -0.388 e. The van der Waals surface area contributed by atoms with E-state index >= 15 is 0 Å². The van der Waals surface area contributed by atoms with Gasteiger partial charge in [-0.2, -0.15) is 0 Å². The number of rotatable bonds is 4. The van der Waals surface area contributed by atoms with E-state index in [1.165, 1.54) is 5.56 Å². The van der Waals surface area contributed by atoms with Crippen molar-refractivity contribution in [3.05, 3.63) is 35.4 Å². The van der Waals surface area contributed by atoms with Gasteiger partial charge in [-0.3, -0.25) is 4.79 Å². The van der Waals surface area contributed by atoms with Crippen LogP contribution < -0.4 is 10.6 Å². The van der Waals surface area contributed by atoms with E-state index in [4.69, 9.17) is 4.74 Å². The van der Waals surface area contributed by atoms with Gasteiger partial charge in [-0.25, -0.2) is 0 Å². The molecule has 2 atom stereocenters.